The van der Waals surface area contributed by atoms with Crippen LogP contribution < -0.4 is 14.2 Å². The van der Waals surface area contributed by atoms with Gasteiger partial charge in [0.15, 0.2) is 11.5 Å². The van der Waals surface area contributed by atoms with Crippen molar-refractivity contribution < 1.29 is 27.4 Å². The zero-order valence-corrected chi connectivity index (χ0v) is 17.0. The second kappa shape index (κ2) is 7.86. The molecule has 0 amide bonds. The highest BCUT2D eigenvalue weighted by atomic mass is 19.4. The number of hydrogen-bond acceptors (Lipinski definition) is 4. The van der Waals surface area contributed by atoms with Crippen LogP contribution in [0.4, 0.5) is 13.2 Å². The van der Waals surface area contributed by atoms with Gasteiger partial charge < -0.3 is 14.2 Å². The van der Waals surface area contributed by atoms with Crippen LogP contribution in [0.3, 0.4) is 0 Å². The fourth-order valence-electron chi connectivity index (χ4n) is 3.45. The van der Waals surface area contributed by atoms with Crippen molar-refractivity contribution in [3.63, 3.8) is 0 Å². The number of alkyl halides is 3. The minimum atomic E-state index is -4.37. The Bertz CT molecular complexity index is 1210. The molecule has 5 nitrogen and oxygen atoms in total. The SMILES string of the molecule is COc1cc(-n2cnc3ccc(-c4ccc(C(F)(F)F)cc4)cc32)cc(OC)c1OC. The number of benzene rings is 3. The van der Waals surface area contributed by atoms with Gasteiger partial charge in [0.25, 0.3) is 0 Å². The molecule has 160 valence electrons. The van der Waals surface area contributed by atoms with Crippen molar-refractivity contribution >= 4 is 11.0 Å². The van der Waals surface area contributed by atoms with E-state index in [1.807, 2.05) is 22.8 Å². The molecule has 0 saturated carbocycles. The maximum atomic E-state index is 12.9. The van der Waals surface area contributed by atoms with Crippen LogP contribution in [0.2, 0.25) is 0 Å². The van der Waals surface area contributed by atoms with Gasteiger partial charge in [-0.25, -0.2) is 4.98 Å². The van der Waals surface area contributed by atoms with Crippen molar-refractivity contribution in [2.45, 2.75) is 6.18 Å². The number of halogens is 3. The molecule has 0 bridgehead atoms. The van der Waals surface area contributed by atoms with Crippen molar-refractivity contribution in [3.05, 3.63) is 66.5 Å². The molecule has 3 aromatic carbocycles. The minimum Gasteiger partial charge on any atom is -0.493 e. The topological polar surface area (TPSA) is 45.5 Å². The first-order chi connectivity index (χ1) is 14.9. The molecule has 1 aromatic heterocycles. The zero-order valence-electron chi connectivity index (χ0n) is 17.0. The van der Waals surface area contributed by atoms with Gasteiger partial charge in [-0.2, -0.15) is 13.2 Å². The number of ether oxygens (including phenoxy) is 3. The lowest BCUT2D eigenvalue weighted by Crippen LogP contribution is -2.03. The molecule has 0 aliphatic rings. The van der Waals surface area contributed by atoms with E-state index in [1.54, 1.807) is 18.5 Å². The summed E-state index contributed by atoms with van der Waals surface area (Å²) in [6, 6.07) is 14.2. The fourth-order valence-corrected chi connectivity index (χ4v) is 3.45. The van der Waals surface area contributed by atoms with Crippen molar-refractivity contribution in [2.75, 3.05) is 21.3 Å². The Morgan fingerprint density at radius 2 is 1.39 bits per heavy atom. The summed E-state index contributed by atoms with van der Waals surface area (Å²) in [6.45, 7) is 0. The molecule has 0 fully saturated rings. The Labute approximate surface area is 176 Å². The molecule has 8 heteroatoms. The number of imidazole rings is 1. The van der Waals surface area contributed by atoms with E-state index in [0.29, 0.717) is 22.8 Å². The van der Waals surface area contributed by atoms with Crippen LogP contribution in [-0.2, 0) is 6.18 Å². The van der Waals surface area contributed by atoms with Gasteiger partial charge in [-0.1, -0.05) is 18.2 Å². The van der Waals surface area contributed by atoms with E-state index in [1.165, 1.54) is 33.5 Å². The standard InChI is InChI=1S/C23H19F3N2O3/c1-29-20-11-17(12-21(30-2)22(20)31-3)28-13-27-18-9-6-15(10-19(18)28)14-4-7-16(8-5-14)23(24,25)26/h4-13H,1-3H3. The number of nitrogens with zero attached hydrogens (tertiary/aromatic N) is 2. The van der Waals surface area contributed by atoms with Gasteiger partial charge in [-0.15, -0.1) is 0 Å². The summed E-state index contributed by atoms with van der Waals surface area (Å²) in [7, 11) is 4.61. The predicted octanol–water partition coefficient (Wildman–Crippen LogP) is 5.74. The Balaban J connectivity index is 1.81. The monoisotopic (exact) mass is 428 g/mol. The van der Waals surface area contributed by atoms with Crippen LogP contribution in [0, 0.1) is 0 Å². The van der Waals surface area contributed by atoms with Crippen LogP contribution in [-0.4, -0.2) is 30.9 Å². The number of aromatic nitrogens is 2. The van der Waals surface area contributed by atoms with Crippen molar-refractivity contribution in [3.8, 4) is 34.1 Å². The molecule has 0 atom stereocenters. The third-order valence-electron chi connectivity index (χ3n) is 5.02. The van der Waals surface area contributed by atoms with E-state index in [-0.39, 0.29) is 0 Å². The van der Waals surface area contributed by atoms with E-state index in [4.69, 9.17) is 14.2 Å². The molecule has 31 heavy (non-hydrogen) atoms. The summed E-state index contributed by atoms with van der Waals surface area (Å²) in [5.74, 6) is 1.47. The Hall–Kier alpha value is -3.68. The highest BCUT2D eigenvalue weighted by molar-refractivity contribution is 5.84. The predicted molar refractivity (Wildman–Crippen MR) is 111 cm³/mol. The summed E-state index contributed by atoms with van der Waals surface area (Å²) in [5, 5.41) is 0. The van der Waals surface area contributed by atoms with Crippen molar-refractivity contribution in [1.82, 2.24) is 9.55 Å². The summed E-state index contributed by atoms with van der Waals surface area (Å²) in [6.07, 6.45) is -2.70. The number of rotatable bonds is 5. The average Bonchev–Trinajstić information content (AvgIpc) is 3.20. The minimum absolute atomic E-state index is 0.476. The van der Waals surface area contributed by atoms with E-state index in [9.17, 15) is 13.2 Å². The molecule has 0 radical (unpaired) electrons. The van der Waals surface area contributed by atoms with Gasteiger partial charge in [0.05, 0.1) is 43.6 Å². The first-order valence-electron chi connectivity index (χ1n) is 9.31. The third kappa shape index (κ3) is 3.76. The number of methoxy groups -OCH3 is 3. The van der Waals surface area contributed by atoms with Gasteiger partial charge in [0, 0.05) is 12.1 Å². The second-order valence-corrected chi connectivity index (χ2v) is 6.78. The van der Waals surface area contributed by atoms with Crippen LogP contribution in [0.15, 0.2) is 60.9 Å². The van der Waals surface area contributed by atoms with E-state index in [2.05, 4.69) is 4.98 Å². The Kier molecular flexibility index (Phi) is 5.22. The summed E-state index contributed by atoms with van der Waals surface area (Å²) in [4.78, 5) is 4.43. The lowest BCUT2D eigenvalue weighted by Gasteiger charge is -2.15. The largest absolute Gasteiger partial charge is 0.493 e. The normalized spacial score (nSPS) is 11.5. The molecule has 0 N–H and O–H groups in total. The lowest BCUT2D eigenvalue weighted by molar-refractivity contribution is -0.137. The molecule has 0 spiro atoms. The van der Waals surface area contributed by atoms with Gasteiger partial charge >= 0.3 is 6.18 Å². The molecular weight excluding hydrogens is 409 g/mol. The van der Waals surface area contributed by atoms with Crippen LogP contribution in [0.25, 0.3) is 27.8 Å². The van der Waals surface area contributed by atoms with E-state index < -0.39 is 11.7 Å². The molecule has 0 aliphatic heterocycles. The highest BCUT2D eigenvalue weighted by Crippen LogP contribution is 2.40. The lowest BCUT2D eigenvalue weighted by atomic mass is 10.0. The smallest absolute Gasteiger partial charge is 0.416 e. The van der Waals surface area contributed by atoms with Crippen LogP contribution in [0.1, 0.15) is 5.56 Å². The second-order valence-electron chi connectivity index (χ2n) is 6.78. The van der Waals surface area contributed by atoms with Crippen LogP contribution in [0.5, 0.6) is 17.2 Å². The maximum Gasteiger partial charge on any atom is 0.416 e. The summed E-state index contributed by atoms with van der Waals surface area (Å²) < 4.78 is 56.7. The number of hydrogen-bond donors (Lipinski definition) is 0. The fraction of sp³-hybridized carbons (Fsp3) is 0.174. The molecule has 0 saturated heterocycles. The zero-order chi connectivity index (χ0) is 22.2. The van der Waals surface area contributed by atoms with Crippen molar-refractivity contribution in [1.29, 1.82) is 0 Å². The third-order valence-corrected chi connectivity index (χ3v) is 5.02. The summed E-state index contributed by atoms with van der Waals surface area (Å²) >= 11 is 0. The molecule has 4 rings (SSSR count). The Morgan fingerprint density at radius 1 is 0.774 bits per heavy atom. The molecule has 0 aliphatic carbocycles. The highest BCUT2D eigenvalue weighted by Gasteiger charge is 2.30. The van der Waals surface area contributed by atoms with Crippen LogP contribution >= 0.6 is 0 Å². The van der Waals surface area contributed by atoms with Crippen molar-refractivity contribution in [2.24, 2.45) is 0 Å². The first-order valence-corrected chi connectivity index (χ1v) is 9.31. The van der Waals surface area contributed by atoms with Gasteiger partial charge in [0.1, 0.15) is 6.33 Å². The van der Waals surface area contributed by atoms with Gasteiger partial charge in [-0.05, 0) is 35.4 Å². The Morgan fingerprint density at radius 3 is 1.94 bits per heavy atom. The molecule has 1 heterocycles. The van der Waals surface area contributed by atoms with E-state index >= 15 is 0 Å². The summed E-state index contributed by atoms with van der Waals surface area (Å²) in [5.41, 5.74) is 3.03. The molecule has 4 aromatic rings. The quantitative estimate of drug-likeness (QED) is 0.407. The first kappa shape index (κ1) is 20.6. The van der Waals surface area contributed by atoms with Gasteiger partial charge in [-0.3, -0.25) is 4.57 Å². The molecular formula is C23H19F3N2O3. The van der Waals surface area contributed by atoms with E-state index in [0.717, 1.165) is 34.4 Å². The van der Waals surface area contributed by atoms with Gasteiger partial charge in [0.2, 0.25) is 5.75 Å². The maximum absolute atomic E-state index is 12.9. The molecule has 0 unspecified atom stereocenters. The average molecular weight is 428 g/mol. The number of fused-ring (bicyclic) bond motifs is 1.